The first-order chi connectivity index (χ1) is 6.72. The highest BCUT2D eigenvalue weighted by atomic mass is 16.5. The average molecular weight is 198 g/mol. The van der Waals surface area contributed by atoms with Crippen LogP contribution in [0.2, 0.25) is 0 Å². The van der Waals surface area contributed by atoms with Crippen LogP contribution in [0, 0.1) is 0 Å². The number of phenolic OH excluding ortho intramolecular Hbond substituents is 2. The van der Waals surface area contributed by atoms with Gasteiger partial charge in [0.1, 0.15) is 23.9 Å². The van der Waals surface area contributed by atoms with E-state index in [2.05, 4.69) is 0 Å². The molecule has 0 spiro atoms. The zero-order chi connectivity index (χ0) is 10.4. The standard InChI is InChI=1S/C10H14O4/c1-2-13-3-4-14-10-6-8(11)5-9(12)7-10/h5-7,11-12H,2-4H2,1H3. The summed E-state index contributed by atoms with van der Waals surface area (Å²) in [6, 6.07) is 4.12. The fourth-order valence-corrected chi connectivity index (χ4v) is 1.01. The Kier molecular flexibility index (Phi) is 4.07. The maximum Gasteiger partial charge on any atom is 0.126 e. The van der Waals surface area contributed by atoms with Gasteiger partial charge in [-0.2, -0.15) is 0 Å². The number of phenols is 2. The van der Waals surface area contributed by atoms with Gasteiger partial charge in [0.2, 0.25) is 0 Å². The zero-order valence-electron chi connectivity index (χ0n) is 8.06. The third-order valence-electron chi connectivity index (χ3n) is 1.58. The lowest BCUT2D eigenvalue weighted by Crippen LogP contribution is -2.06. The number of benzene rings is 1. The molecule has 0 aliphatic heterocycles. The summed E-state index contributed by atoms with van der Waals surface area (Å²) in [4.78, 5) is 0. The highest BCUT2D eigenvalue weighted by molar-refractivity contribution is 5.40. The van der Waals surface area contributed by atoms with Crippen LogP contribution in [-0.4, -0.2) is 30.0 Å². The molecule has 78 valence electrons. The van der Waals surface area contributed by atoms with E-state index in [4.69, 9.17) is 19.7 Å². The van der Waals surface area contributed by atoms with Gasteiger partial charge in [0, 0.05) is 24.8 Å². The van der Waals surface area contributed by atoms with Crippen LogP contribution in [0.1, 0.15) is 6.92 Å². The van der Waals surface area contributed by atoms with E-state index in [9.17, 15) is 0 Å². The Labute approximate surface area is 82.7 Å². The zero-order valence-corrected chi connectivity index (χ0v) is 8.06. The molecule has 0 atom stereocenters. The molecule has 1 aromatic carbocycles. The SMILES string of the molecule is CCOCCOc1cc(O)cc(O)c1. The van der Waals surface area contributed by atoms with Crippen molar-refractivity contribution in [1.82, 2.24) is 0 Å². The van der Waals surface area contributed by atoms with Crippen LogP contribution >= 0.6 is 0 Å². The number of hydrogen-bond donors (Lipinski definition) is 2. The summed E-state index contributed by atoms with van der Waals surface area (Å²) in [6.45, 7) is 3.44. The molecule has 1 rings (SSSR count). The predicted molar refractivity (Wildman–Crippen MR) is 51.8 cm³/mol. The van der Waals surface area contributed by atoms with Crippen molar-refractivity contribution in [3.8, 4) is 17.2 Å². The second-order valence-electron chi connectivity index (χ2n) is 2.73. The summed E-state index contributed by atoms with van der Waals surface area (Å²) in [5.74, 6) is 0.398. The van der Waals surface area contributed by atoms with Crippen molar-refractivity contribution in [2.75, 3.05) is 19.8 Å². The van der Waals surface area contributed by atoms with Crippen LogP contribution in [0.3, 0.4) is 0 Å². The van der Waals surface area contributed by atoms with Crippen LogP contribution in [-0.2, 0) is 4.74 Å². The fourth-order valence-electron chi connectivity index (χ4n) is 1.01. The van der Waals surface area contributed by atoms with Crippen molar-refractivity contribution in [3.63, 3.8) is 0 Å². The molecule has 0 radical (unpaired) electrons. The lowest BCUT2D eigenvalue weighted by molar-refractivity contribution is 0.110. The maximum atomic E-state index is 9.13. The minimum absolute atomic E-state index is 0.0172. The molecule has 4 heteroatoms. The minimum Gasteiger partial charge on any atom is -0.508 e. The first-order valence-corrected chi connectivity index (χ1v) is 4.46. The van der Waals surface area contributed by atoms with E-state index in [-0.39, 0.29) is 11.5 Å². The van der Waals surface area contributed by atoms with E-state index < -0.39 is 0 Å². The normalized spacial score (nSPS) is 10.1. The van der Waals surface area contributed by atoms with Gasteiger partial charge in [-0.25, -0.2) is 0 Å². The summed E-state index contributed by atoms with van der Waals surface area (Å²) in [5.41, 5.74) is 0. The molecule has 14 heavy (non-hydrogen) atoms. The molecule has 0 bridgehead atoms. The molecule has 0 fully saturated rings. The van der Waals surface area contributed by atoms with Crippen molar-refractivity contribution < 1.29 is 19.7 Å². The fraction of sp³-hybridized carbons (Fsp3) is 0.400. The van der Waals surface area contributed by atoms with E-state index in [1.165, 1.54) is 18.2 Å². The number of ether oxygens (including phenoxy) is 2. The molecule has 2 N–H and O–H groups in total. The highest BCUT2D eigenvalue weighted by Gasteiger charge is 1.99. The Morgan fingerprint density at radius 3 is 2.29 bits per heavy atom. The Balaban J connectivity index is 2.42. The highest BCUT2D eigenvalue weighted by Crippen LogP contribution is 2.25. The minimum atomic E-state index is -0.0172. The van der Waals surface area contributed by atoms with Crippen LogP contribution < -0.4 is 4.74 Å². The molecular formula is C10H14O4. The van der Waals surface area contributed by atoms with Gasteiger partial charge < -0.3 is 19.7 Å². The molecule has 4 nitrogen and oxygen atoms in total. The second-order valence-corrected chi connectivity index (χ2v) is 2.73. The van der Waals surface area contributed by atoms with Gasteiger partial charge in [-0.05, 0) is 6.92 Å². The lowest BCUT2D eigenvalue weighted by atomic mass is 10.3. The van der Waals surface area contributed by atoms with Crippen molar-refractivity contribution in [2.24, 2.45) is 0 Å². The molecule has 0 saturated heterocycles. The molecule has 1 aromatic rings. The van der Waals surface area contributed by atoms with Gasteiger partial charge in [0.25, 0.3) is 0 Å². The van der Waals surface area contributed by atoms with E-state index >= 15 is 0 Å². The van der Waals surface area contributed by atoms with Crippen LogP contribution in [0.5, 0.6) is 17.2 Å². The quantitative estimate of drug-likeness (QED) is 0.704. The number of hydrogen-bond acceptors (Lipinski definition) is 4. The van der Waals surface area contributed by atoms with Crippen LogP contribution in [0.15, 0.2) is 18.2 Å². The Morgan fingerprint density at radius 1 is 1.07 bits per heavy atom. The monoisotopic (exact) mass is 198 g/mol. The van der Waals surface area contributed by atoms with Gasteiger partial charge in [-0.3, -0.25) is 0 Å². The molecule has 0 aromatic heterocycles. The van der Waals surface area contributed by atoms with Gasteiger partial charge in [0.15, 0.2) is 0 Å². The van der Waals surface area contributed by atoms with E-state index in [0.717, 1.165) is 0 Å². The molecule has 0 heterocycles. The molecule has 0 aliphatic rings. The molecule has 0 saturated carbocycles. The average Bonchev–Trinajstić information content (AvgIpc) is 2.11. The number of rotatable bonds is 5. The van der Waals surface area contributed by atoms with Gasteiger partial charge in [-0.1, -0.05) is 0 Å². The molecule has 0 aliphatic carbocycles. The Morgan fingerprint density at radius 2 is 1.71 bits per heavy atom. The van der Waals surface area contributed by atoms with Crippen LogP contribution in [0.4, 0.5) is 0 Å². The van der Waals surface area contributed by atoms with Gasteiger partial charge >= 0.3 is 0 Å². The first kappa shape index (κ1) is 10.7. The summed E-state index contributed by atoms with van der Waals surface area (Å²) in [5, 5.41) is 18.3. The van der Waals surface area contributed by atoms with E-state index in [1.54, 1.807) is 0 Å². The third kappa shape index (κ3) is 3.53. The molecular weight excluding hydrogens is 184 g/mol. The summed E-state index contributed by atoms with van der Waals surface area (Å²) < 4.78 is 10.3. The van der Waals surface area contributed by atoms with Crippen molar-refractivity contribution >= 4 is 0 Å². The van der Waals surface area contributed by atoms with Crippen molar-refractivity contribution in [3.05, 3.63) is 18.2 Å². The Hall–Kier alpha value is -1.42. The summed E-state index contributed by atoms with van der Waals surface area (Å²) >= 11 is 0. The lowest BCUT2D eigenvalue weighted by Gasteiger charge is -2.06. The molecule has 0 unspecified atom stereocenters. The number of aromatic hydroxyl groups is 2. The predicted octanol–water partition coefficient (Wildman–Crippen LogP) is 1.51. The van der Waals surface area contributed by atoms with E-state index in [1.807, 2.05) is 6.92 Å². The van der Waals surface area contributed by atoms with Gasteiger partial charge in [0.05, 0.1) is 6.61 Å². The topological polar surface area (TPSA) is 58.9 Å². The van der Waals surface area contributed by atoms with Crippen molar-refractivity contribution in [2.45, 2.75) is 6.92 Å². The summed E-state index contributed by atoms with van der Waals surface area (Å²) in [7, 11) is 0. The van der Waals surface area contributed by atoms with E-state index in [0.29, 0.717) is 25.6 Å². The first-order valence-electron chi connectivity index (χ1n) is 4.46. The van der Waals surface area contributed by atoms with Crippen molar-refractivity contribution in [1.29, 1.82) is 0 Å². The second kappa shape index (κ2) is 5.34. The Bertz CT molecular complexity index is 265. The van der Waals surface area contributed by atoms with Gasteiger partial charge in [-0.15, -0.1) is 0 Å². The van der Waals surface area contributed by atoms with Crippen LogP contribution in [0.25, 0.3) is 0 Å². The maximum absolute atomic E-state index is 9.13. The largest absolute Gasteiger partial charge is 0.508 e. The molecule has 0 amide bonds. The smallest absolute Gasteiger partial charge is 0.126 e. The summed E-state index contributed by atoms with van der Waals surface area (Å²) in [6.07, 6.45) is 0. The third-order valence-corrected chi connectivity index (χ3v) is 1.58.